The molecule has 0 N–H and O–H groups in total. The molecule has 0 saturated heterocycles. The van der Waals surface area contributed by atoms with Crippen LogP contribution in [0.3, 0.4) is 0 Å². The van der Waals surface area contributed by atoms with Crippen molar-refractivity contribution in [1.29, 1.82) is 0 Å². The van der Waals surface area contributed by atoms with Crippen molar-refractivity contribution >= 4 is 28.2 Å². The second-order valence-corrected chi connectivity index (χ2v) is 7.22. The summed E-state index contributed by atoms with van der Waals surface area (Å²) < 4.78 is 0. The number of rotatable bonds is 2. The predicted molar refractivity (Wildman–Crippen MR) is 89.0 cm³/mol. The average Bonchev–Trinajstić information content (AvgIpc) is 2.47. The van der Waals surface area contributed by atoms with Crippen LogP contribution in [0.5, 0.6) is 0 Å². The fourth-order valence-electron chi connectivity index (χ4n) is 3.26. The Balaban J connectivity index is 1.92. The zero-order chi connectivity index (χ0) is 15.0. The van der Waals surface area contributed by atoms with E-state index in [2.05, 4.69) is 42.1 Å². The van der Waals surface area contributed by atoms with Crippen molar-refractivity contribution in [2.45, 2.75) is 45.6 Å². The van der Waals surface area contributed by atoms with Gasteiger partial charge in [0.1, 0.15) is 0 Å². The lowest BCUT2D eigenvalue weighted by molar-refractivity contribution is 0.222. The minimum absolute atomic E-state index is 0.477. The Morgan fingerprint density at radius 1 is 1.10 bits per heavy atom. The van der Waals surface area contributed by atoms with Crippen molar-refractivity contribution in [3.05, 3.63) is 29.4 Å². The van der Waals surface area contributed by atoms with Crippen LogP contribution in [0.25, 0.3) is 10.8 Å². The molecule has 3 nitrogen and oxygen atoms in total. The number of benzene rings is 1. The van der Waals surface area contributed by atoms with Crippen molar-refractivity contribution in [2.75, 3.05) is 11.9 Å². The third-order valence-electron chi connectivity index (χ3n) is 4.81. The summed E-state index contributed by atoms with van der Waals surface area (Å²) in [5.74, 6) is 0.944. The van der Waals surface area contributed by atoms with Crippen molar-refractivity contribution in [3.63, 3.8) is 0 Å². The Morgan fingerprint density at radius 3 is 2.38 bits per heavy atom. The summed E-state index contributed by atoms with van der Waals surface area (Å²) >= 11 is 6.16. The second kappa shape index (κ2) is 5.45. The van der Waals surface area contributed by atoms with E-state index in [1.807, 2.05) is 18.2 Å². The summed E-state index contributed by atoms with van der Waals surface area (Å²) in [5.41, 5.74) is 0.477. The summed E-state index contributed by atoms with van der Waals surface area (Å²) in [6.45, 7) is 4.72. The van der Waals surface area contributed by atoms with E-state index in [1.165, 1.54) is 25.7 Å². The maximum Gasteiger partial charge on any atom is 0.159 e. The van der Waals surface area contributed by atoms with E-state index in [9.17, 15) is 0 Å². The molecule has 2 aromatic rings. The van der Waals surface area contributed by atoms with E-state index in [1.54, 1.807) is 0 Å². The first-order chi connectivity index (χ1) is 9.98. The van der Waals surface area contributed by atoms with Crippen molar-refractivity contribution in [2.24, 2.45) is 5.41 Å². The van der Waals surface area contributed by atoms with Gasteiger partial charge in [0, 0.05) is 23.9 Å². The van der Waals surface area contributed by atoms with Gasteiger partial charge < -0.3 is 4.90 Å². The Labute approximate surface area is 131 Å². The number of hydrogen-bond donors (Lipinski definition) is 0. The molecule has 1 saturated carbocycles. The number of hydrogen-bond acceptors (Lipinski definition) is 3. The van der Waals surface area contributed by atoms with Crippen LogP contribution < -0.4 is 4.90 Å². The number of fused-ring (bicyclic) bond motifs is 1. The second-order valence-electron chi connectivity index (χ2n) is 6.87. The van der Waals surface area contributed by atoms with Gasteiger partial charge in [0.25, 0.3) is 0 Å². The van der Waals surface area contributed by atoms with Crippen LogP contribution in [-0.4, -0.2) is 23.3 Å². The first-order valence-electron chi connectivity index (χ1n) is 7.62. The van der Waals surface area contributed by atoms with E-state index in [-0.39, 0.29) is 0 Å². The lowest BCUT2D eigenvalue weighted by atomic mass is 9.75. The molecule has 1 fully saturated rings. The van der Waals surface area contributed by atoms with Gasteiger partial charge in [-0.25, -0.2) is 0 Å². The monoisotopic (exact) mass is 303 g/mol. The predicted octanol–water partition coefficient (Wildman–Crippen LogP) is 4.69. The fraction of sp³-hybridized carbons (Fsp3) is 0.529. The smallest absolute Gasteiger partial charge is 0.159 e. The van der Waals surface area contributed by atoms with Gasteiger partial charge in [0.15, 0.2) is 11.0 Å². The van der Waals surface area contributed by atoms with Crippen LogP contribution in [0.2, 0.25) is 5.15 Å². The zero-order valence-electron chi connectivity index (χ0n) is 12.9. The molecule has 21 heavy (non-hydrogen) atoms. The maximum absolute atomic E-state index is 6.16. The van der Waals surface area contributed by atoms with Crippen LogP contribution >= 0.6 is 11.6 Å². The summed E-state index contributed by atoms with van der Waals surface area (Å²) in [4.78, 5) is 2.29. The fourth-order valence-corrected chi connectivity index (χ4v) is 3.46. The maximum atomic E-state index is 6.16. The lowest BCUT2D eigenvalue weighted by Crippen LogP contribution is -2.37. The molecular weight excluding hydrogens is 282 g/mol. The van der Waals surface area contributed by atoms with E-state index in [0.717, 1.165) is 16.6 Å². The molecule has 1 heterocycles. The third-order valence-corrected chi connectivity index (χ3v) is 5.09. The quantitative estimate of drug-likeness (QED) is 0.806. The first-order valence-corrected chi connectivity index (χ1v) is 7.99. The molecule has 0 spiro atoms. The molecule has 1 aliphatic carbocycles. The van der Waals surface area contributed by atoms with Crippen molar-refractivity contribution in [1.82, 2.24) is 10.2 Å². The van der Waals surface area contributed by atoms with Crippen LogP contribution in [-0.2, 0) is 0 Å². The van der Waals surface area contributed by atoms with Gasteiger partial charge in [-0.1, -0.05) is 49.7 Å². The largest absolute Gasteiger partial charge is 0.355 e. The number of anilines is 1. The Morgan fingerprint density at radius 2 is 1.71 bits per heavy atom. The summed E-state index contributed by atoms with van der Waals surface area (Å²) in [5, 5.41) is 11.0. The van der Waals surface area contributed by atoms with E-state index >= 15 is 0 Å². The van der Waals surface area contributed by atoms with E-state index in [0.29, 0.717) is 16.6 Å². The van der Waals surface area contributed by atoms with Gasteiger partial charge in [0.2, 0.25) is 0 Å². The molecule has 4 heteroatoms. The summed E-state index contributed by atoms with van der Waals surface area (Å²) in [7, 11) is 2.13. The lowest BCUT2D eigenvalue weighted by Gasteiger charge is -2.39. The van der Waals surface area contributed by atoms with Crippen LogP contribution in [0.15, 0.2) is 24.3 Å². The summed E-state index contributed by atoms with van der Waals surface area (Å²) in [6, 6.07) is 8.64. The van der Waals surface area contributed by atoms with E-state index < -0.39 is 0 Å². The molecule has 0 atom stereocenters. The number of nitrogens with zero attached hydrogens (tertiary/aromatic N) is 3. The first kappa shape index (κ1) is 14.6. The van der Waals surface area contributed by atoms with Gasteiger partial charge in [-0.2, -0.15) is 0 Å². The van der Waals surface area contributed by atoms with Gasteiger partial charge in [0.05, 0.1) is 0 Å². The van der Waals surface area contributed by atoms with Gasteiger partial charge in [-0.15, -0.1) is 10.2 Å². The molecule has 0 bridgehead atoms. The highest BCUT2D eigenvalue weighted by Crippen LogP contribution is 2.38. The molecule has 0 radical (unpaired) electrons. The average molecular weight is 304 g/mol. The number of aromatic nitrogens is 2. The molecular formula is C17H22ClN3. The van der Waals surface area contributed by atoms with Crippen LogP contribution in [0, 0.1) is 5.41 Å². The molecule has 0 aliphatic heterocycles. The standard InChI is InChI=1S/C17H22ClN3/c1-17(2)10-8-12(9-11-17)21(3)16-14-7-5-4-6-13(14)15(18)19-20-16/h4-7,12H,8-11H2,1-3H3. The molecule has 1 aromatic carbocycles. The highest BCUT2D eigenvalue weighted by molar-refractivity contribution is 6.34. The van der Waals surface area contributed by atoms with Crippen LogP contribution in [0.1, 0.15) is 39.5 Å². The Kier molecular flexibility index (Phi) is 3.78. The van der Waals surface area contributed by atoms with Crippen molar-refractivity contribution in [3.8, 4) is 0 Å². The van der Waals surface area contributed by atoms with Crippen molar-refractivity contribution < 1.29 is 0 Å². The molecule has 3 rings (SSSR count). The molecule has 0 unspecified atom stereocenters. The van der Waals surface area contributed by atoms with Crippen LogP contribution in [0.4, 0.5) is 5.82 Å². The molecule has 1 aromatic heterocycles. The Hall–Kier alpha value is -1.35. The van der Waals surface area contributed by atoms with Gasteiger partial charge in [-0.05, 0) is 31.1 Å². The minimum Gasteiger partial charge on any atom is -0.355 e. The highest BCUT2D eigenvalue weighted by atomic mass is 35.5. The zero-order valence-corrected chi connectivity index (χ0v) is 13.7. The molecule has 112 valence electrons. The van der Waals surface area contributed by atoms with Gasteiger partial charge >= 0.3 is 0 Å². The number of halogens is 1. The third kappa shape index (κ3) is 2.84. The normalized spacial score (nSPS) is 18.9. The van der Waals surface area contributed by atoms with Gasteiger partial charge in [-0.3, -0.25) is 0 Å². The topological polar surface area (TPSA) is 29.0 Å². The molecule has 1 aliphatic rings. The molecule has 0 amide bonds. The SMILES string of the molecule is CN(c1nnc(Cl)c2ccccc12)C1CCC(C)(C)CC1. The summed E-state index contributed by atoms with van der Waals surface area (Å²) in [6.07, 6.45) is 4.95. The Bertz CT molecular complexity index is 644. The van der Waals surface area contributed by atoms with E-state index in [4.69, 9.17) is 11.6 Å². The highest BCUT2D eigenvalue weighted by Gasteiger charge is 2.30. The minimum atomic E-state index is 0.477.